The van der Waals surface area contributed by atoms with Gasteiger partial charge in [-0.05, 0) is 68.3 Å². The topological polar surface area (TPSA) is 105 Å². The number of ether oxygens (including phenoxy) is 1. The van der Waals surface area contributed by atoms with Gasteiger partial charge < -0.3 is 15.4 Å². The standard InChI is InChI=1S/C22H26FN3O5S/c1-15(21(27)25-18-5-7-19(31-2)8-6-18)24-22(28)16-11-13-26(14-12-16)32(29,30)20-9-3-17(23)4-10-20/h3-10,15-16H,11-14H2,1-2H3,(H,24,28)(H,25,27)/t15-/m1/s1. The van der Waals surface area contributed by atoms with Gasteiger partial charge in [0, 0.05) is 24.7 Å². The van der Waals surface area contributed by atoms with E-state index < -0.39 is 27.8 Å². The number of methoxy groups -OCH3 is 1. The third-order valence-corrected chi connectivity index (χ3v) is 7.30. The molecule has 1 fully saturated rings. The molecule has 0 spiro atoms. The largest absolute Gasteiger partial charge is 0.497 e. The molecule has 2 N–H and O–H groups in total. The van der Waals surface area contributed by atoms with Gasteiger partial charge in [-0.3, -0.25) is 9.59 Å². The zero-order chi connectivity index (χ0) is 23.3. The van der Waals surface area contributed by atoms with Crippen LogP contribution in [0.15, 0.2) is 53.4 Å². The number of amides is 2. The van der Waals surface area contributed by atoms with Crippen LogP contribution in [0.5, 0.6) is 5.75 Å². The molecule has 0 aromatic heterocycles. The van der Waals surface area contributed by atoms with Gasteiger partial charge in [-0.15, -0.1) is 0 Å². The van der Waals surface area contributed by atoms with Crippen molar-refractivity contribution in [2.24, 2.45) is 5.92 Å². The predicted molar refractivity (Wildman–Crippen MR) is 117 cm³/mol. The van der Waals surface area contributed by atoms with Gasteiger partial charge in [-0.2, -0.15) is 4.31 Å². The molecule has 0 saturated carbocycles. The monoisotopic (exact) mass is 463 g/mol. The van der Waals surface area contributed by atoms with Crippen molar-refractivity contribution in [1.29, 1.82) is 0 Å². The zero-order valence-electron chi connectivity index (χ0n) is 17.9. The van der Waals surface area contributed by atoms with Gasteiger partial charge in [0.05, 0.1) is 12.0 Å². The molecule has 0 bridgehead atoms. The smallest absolute Gasteiger partial charge is 0.246 e. The Kier molecular flexibility index (Phi) is 7.47. The van der Waals surface area contributed by atoms with Crippen LogP contribution in [0.4, 0.5) is 10.1 Å². The van der Waals surface area contributed by atoms with Crippen LogP contribution in [0.2, 0.25) is 0 Å². The van der Waals surface area contributed by atoms with Crippen LogP contribution in [0.25, 0.3) is 0 Å². The van der Waals surface area contributed by atoms with Crippen molar-refractivity contribution in [1.82, 2.24) is 9.62 Å². The van der Waals surface area contributed by atoms with Crippen molar-refractivity contribution >= 4 is 27.5 Å². The molecule has 8 nitrogen and oxygen atoms in total. The van der Waals surface area contributed by atoms with Gasteiger partial charge in [-0.25, -0.2) is 12.8 Å². The first kappa shape index (κ1) is 23.7. The molecule has 1 saturated heterocycles. The van der Waals surface area contributed by atoms with Crippen molar-refractivity contribution < 1.29 is 27.1 Å². The molecule has 10 heteroatoms. The molecule has 1 atom stereocenters. The van der Waals surface area contributed by atoms with E-state index in [0.717, 1.165) is 12.1 Å². The molecule has 32 heavy (non-hydrogen) atoms. The average molecular weight is 464 g/mol. The molecule has 2 aromatic rings. The molecular weight excluding hydrogens is 437 g/mol. The second-order valence-corrected chi connectivity index (χ2v) is 9.52. The fourth-order valence-corrected chi connectivity index (χ4v) is 4.91. The summed E-state index contributed by atoms with van der Waals surface area (Å²) in [5.74, 6) is -0.895. The molecule has 172 valence electrons. The fourth-order valence-electron chi connectivity index (χ4n) is 3.44. The highest BCUT2D eigenvalue weighted by molar-refractivity contribution is 7.89. The first-order chi connectivity index (χ1) is 15.2. The quantitative estimate of drug-likeness (QED) is 0.656. The number of carbonyl (C=O) groups excluding carboxylic acids is 2. The summed E-state index contributed by atoms with van der Waals surface area (Å²) >= 11 is 0. The van der Waals surface area contributed by atoms with Crippen LogP contribution in [0.1, 0.15) is 19.8 Å². The van der Waals surface area contributed by atoms with E-state index in [1.165, 1.54) is 16.4 Å². The third-order valence-electron chi connectivity index (χ3n) is 5.39. The van der Waals surface area contributed by atoms with Gasteiger partial charge in [0.25, 0.3) is 0 Å². The molecule has 1 heterocycles. The van der Waals surface area contributed by atoms with E-state index in [-0.39, 0.29) is 29.8 Å². The number of halogens is 1. The molecule has 0 radical (unpaired) electrons. The second-order valence-electron chi connectivity index (χ2n) is 7.58. The highest BCUT2D eigenvalue weighted by atomic mass is 32.2. The van der Waals surface area contributed by atoms with Crippen molar-refractivity contribution in [3.05, 3.63) is 54.3 Å². The van der Waals surface area contributed by atoms with E-state index in [0.29, 0.717) is 24.3 Å². The Balaban J connectivity index is 1.51. The van der Waals surface area contributed by atoms with Crippen LogP contribution in [-0.2, 0) is 19.6 Å². The molecule has 0 unspecified atom stereocenters. The van der Waals surface area contributed by atoms with Crippen LogP contribution in [-0.4, -0.2) is 50.8 Å². The minimum Gasteiger partial charge on any atom is -0.497 e. The second kappa shape index (κ2) is 10.1. The van der Waals surface area contributed by atoms with E-state index in [4.69, 9.17) is 4.74 Å². The number of anilines is 1. The average Bonchev–Trinajstić information content (AvgIpc) is 2.79. The number of piperidine rings is 1. The SMILES string of the molecule is COc1ccc(NC(=O)[C@@H](C)NC(=O)C2CCN(S(=O)(=O)c3ccc(F)cc3)CC2)cc1. The van der Waals surface area contributed by atoms with E-state index in [1.54, 1.807) is 38.3 Å². The fraction of sp³-hybridized carbons (Fsp3) is 0.364. The number of rotatable bonds is 7. The summed E-state index contributed by atoms with van der Waals surface area (Å²) in [5.41, 5.74) is 0.580. The highest BCUT2D eigenvalue weighted by Crippen LogP contribution is 2.24. The first-order valence-electron chi connectivity index (χ1n) is 10.2. The number of nitrogens with zero attached hydrogens (tertiary/aromatic N) is 1. The lowest BCUT2D eigenvalue weighted by Gasteiger charge is -2.31. The summed E-state index contributed by atoms with van der Waals surface area (Å²) in [6.07, 6.45) is 0.665. The Bertz CT molecular complexity index is 1050. The van der Waals surface area contributed by atoms with Gasteiger partial charge in [0.2, 0.25) is 21.8 Å². The lowest BCUT2D eigenvalue weighted by Crippen LogP contribution is -2.47. The third kappa shape index (κ3) is 5.63. The summed E-state index contributed by atoms with van der Waals surface area (Å²) in [4.78, 5) is 25.0. The van der Waals surface area contributed by atoms with Crippen molar-refractivity contribution in [2.75, 3.05) is 25.5 Å². The maximum atomic E-state index is 13.1. The van der Waals surface area contributed by atoms with Crippen LogP contribution in [0.3, 0.4) is 0 Å². The van der Waals surface area contributed by atoms with E-state index in [1.807, 2.05) is 0 Å². The summed E-state index contributed by atoms with van der Waals surface area (Å²) in [6, 6.07) is 10.7. The van der Waals surface area contributed by atoms with E-state index in [2.05, 4.69) is 10.6 Å². The van der Waals surface area contributed by atoms with Crippen molar-refractivity contribution in [2.45, 2.75) is 30.7 Å². The Labute approximate surface area is 186 Å². The predicted octanol–water partition coefficient (Wildman–Crippen LogP) is 2.38. The lowest BCUT2D eigenvalue weighted by molar-refractivity contribution is -0.129. The Morgan fingerprint density at radius 3 is 2.22 bits per heavy atom. The van der Waals surface area contributed by atoms with Crippen LogP contribution in [0, 0.1) is 11.7 Å². The van der Waals surface area contributed by atoms with E-state index >= 15 is 0 Å². The molecule has 1 aliphatic rings. The molecule has 3 rings (SSSR count). The normalized spacial score (nSPS) is 16.2. The number of benzene rings is 2. The summed E-state index contributed by atoms with van der Waals surface area (Å²) < 4.78 is 44.9. The van der Waals surface area contributed by atoms with Gasteiger partial charge in [-0.1, -0.05) is 0 Å². The number of hydrogen-bond donors (Lipinski definition) is 2. The summed E-state index contributed by atoms with van der Waals surface area (Å²) in [6.45, 7) is 1.93. The summed E-state index contributed by atoms with van der Waals surface area (Å²) in [5, 5.41) is 5.43. The van der Waals surface area contributed by atoms with Gasteiger partial charge in [0.1, 0.15) is 17.6 Å². The maximum Gasteiger partial charge on any atom is 0.246 e. The van der Waals surface area contributed by atoms with Crippen molar-refractivity contribution in [3.63, 3.8) is 0 Å². The molecule has 1 aliphatic heterocycles. The number of nitrogens with one attached hydrogen (secondary N) is 2. The number of hydrogen-bond acceptors (Lipinski definition) is 5. The Morgan fingerprint density at radius 1 is 1.06 bits per heavy atom. The Hall–Kier alpha value is -2.98. The van der Waals surface area contributed by atoms with Gasteiger partial charge >= 0.3 is 0 Å². The highest BCUT2D eigenvalue weighted by Gasteiger charge is 2.33. The van der Waals surface area contributed by atoms with Gasteiger partial charge in [0.15, 0.2) is 0 Å². The Morgan fingerprint density at radius 2 is 1.66 bits per heavy atom. The maximum absolute atomic E-state index is 13.1. The van der Waals surface area contributed by atoms with Crippen LogP contribution >= 0.6 is 0 Å². The van der Waals surface area contributed by atoms with Crippen LogP contribution < -0.4 is 15.4 Å². The summed E-state index contributed by atoms with van der Waals surface area (Å²) in [7, 11) is -2.19. The zero-order valence-corrected chi connectivity index (χ0v) is 18.7. The lowest BCUT2D eigenvalue weighted by atomic mass is 9.97. The minimum absolute atomic E-state index is 0.0191. The number of sulfonamides is 1. The first-order valence-corrected chi connectivity index (χ1v) is 11.7. The molecule has 2 aromatic carbocycles. The van der Waals surface area contributed by atoms with Crippen molar-refractivity contribution in [3.8, 4) is 5.75 Å². The van der Waals surface area contributed by atoms with E-state index in [9.17, 15) is 22.4 Å². The number of carbonyl (C=O) groups is 2. The molecule has 0 aliphatic carbocycles. The molecular formula is C22H26FN3O5S. The minimum atomic E-state index is -3.74. The molecule has 2 amide bonds.